The number of likely N-dealkylation sites (tertiary alicyclic amines) is 1. The largest absolute Gasteiger partial charge is 0.355 e. The lowest BCUT2D eigenvalue weighted by Gasteiger charge is -2.16. The molecule has 1 aromatic heterocycles. The first-order valence-electron chi connectivity index (χ1n) is 9.37. The molecule has 2 N–H and O–H groups in total. The van der Waals surface area contributed by atoms with Crippen molar-refractivity contribution in [3.05, 3.63) is 66.0 Å². The summed E-state index contributed by atoms with van der Waals surface area (Å²) in [5.41, 5.74) is 1.96. The molecule has 1 atom stereocenters. The highest BCUT2D eigenvalue weighted by atomic mass is 16.2. The Balaban J connectivity index is 1.36. The molecule has 1 unspecified atom stereocenters. The smallest absolute Gasteiger partial charge is 0.225 e. The van der Waals surface area contributed by atoms with Gasteiger partial charge in [-0.1, -0.05) is 36.4 Å². The van der Waals surface area contributed by atoms with E-state index in [4.69, 9.17) is 0 Å². The van der Waals surface area contributed by atoms with Crippen LogP contribution in [0.15, 0.2) is 54.9 Å². The Hall–Kier alpha value is -3.22. The maximum absolute atomic E-state index is 12.3. The number of aromatic nitrogens is 1. The van der Waals surface area contributed by atoms with Gasteiger partial charge >= 0.3 is 0 Å². The van der Waals surface area contributed by atoms with Gasteiger partial charge in [0.1, 0.15) is 0 Å². The number of nitrogens with one attached hydrogen (secondary N) is 2. The Labute approximate surface area is 164 Å². The summed E-state index contributed by atoms with van der Waals surface area (Å²) in [5, 5.41) is 5.56. The standard InChI is InChI=1S/C21H24N4O3/c26-19(24-13-17-7-4-9-22-12-17)8-10-23-21(28)18-11-20(27)25(15-18)14-16-5-2-1-3-6-16/h1-7,9,12,18H,8,10-11,13-15H2,(H,23,28)(H,24,26). The van der Waals surface area contributed by atoms with Gasteiger partial charge in [0.15, 0.2) is 0 Å². The van der Waals surface area contributed by atoms with Gasteiger partial charge in [0.05, 0.1) is 5.92 Å². The molecule has 1 fully saturated rings. The zero-order valence-electron chi connectivity index (χ0n) is 15.6. The van der Waals surface area contributed by atoms with Gasteiger partial charge in [-0.05, 0) is 17.2 Å². The molecule has 0 bridgehead atoms. The second-order valence-corrected chi connectivity index (χ2v) is 6.84. The highest BCUT2D eigenvalue weighted by Gasteiger charge is 2.34. The number of benzene rings is 1. The summed E-state index contributed by atoms with van der Waals surface area (Å²) in [5.74, 6) is -0.700. The Bertz CT molecular complexity index is 811. The predicted octanol–water partition coefficient (Wildman–Crippen LogP) is 1.25. The zero-order chi connectivity index (χ0) is 19.8. The van der Waals surface area contributed by atoms with Gasteiger partial charge in [-0.25, -0.2) is 0 Å². The van der Waals surface area contributed by atoms with E-state index in [0.717, 1.165) is 11.1 Å². The third kappa shape index (κ3) is 5.64. The number of hydrogen-bond acceptors (Lipinski definition) is 4. The van der Waals surface area contributed by atoms with Crippen LogP contribution in [0, 0.1) is 5.92 Å². The molecule has 0 saturated carbocycles. The summed E-state index contributed by atoms with van der Waals surface area (Å²) < 4.78 is 0. The molecule has 2 heterocycles. The number of nitrogens with zero attached hydrogens (tertiary/aromatic N) is 2. The van der Waals surface area contributed by atoms with Gasteiger partial charge in [-0.15, -0.1) is 0 Å². The zero-order valence-corrected chi connectivity index (χ0v) is 15.6. The molecule has 3 amide bonds. The summed E-state index contributed by atoms with van der Waals surface area (Å²) in [4.78, 5) is 42.1. The van der Waals surface area contributed by atoms with E-state index in [-0.39, 0.29) is 43.0 Å². The SMILES string of the molecule is O=C(CCNC(=O)C1CC(=O)N(Cc2ccccc2)C1)NCc1cccnc1. The molecule has 7 heteroatoms. The third-order valence-electron chi connectivity index (χ3n) is 4.67. The fraction of sp³-hybridized carbons (Fsp3) is 0.333. The molecule has 146 valence electrons. The van der Waals surface area contributed by atoms with E-state index in [1.165, 1.54) is 0 Å². The van der Waals surface area contributed by atoms with Crippen molar-refractivity contribution in [1.29, 1.82) is 0 Å². The quantitative estimate of drug-likeness (QED) is 0.721. The average Bonchev–Trinajstić information content (AvgIpc) is 3.08. The summed E-state index contributed by atoms with van der Waals surface area (Å²) in [6.07, 6.45) is 3.78. The molecule has 3 rings (SSSR count). The van der Waals surface area contributed by atoms with Crippen molar-refractivity contribution >= 4 is 17.7 Å². The number of pyridine rings is 1. The molecular weight excluding hydrogens is 356 g/mol. The van der Waals surface area contributed by atoms with Crippen LogP contribution in [0.1, 0.15) is 24.0 Å². The Kier molecular flexibility index (Phi) is 6.73. The first-order chi connectivity index (χ1) is 13.6. The van der Waals surface area contributed by atoms with E-state index in [0.29, 0.717) is 19.6 Å². The Morgan fingerprint density at radius 2 is 1.86 bits per heavy atom. The minimum absolute atomic E-state index is 0.0155. The van der Waals surface area contributed by atoms with E-state index in [1.807, 2.05) is 42.5 Å². The molecule has 1 aliphatic heterocycles. The van der Waals surface area contributed by atoms with Crippen molar-refractivity contribution in [3.63, 3.8) is 0 Å². The molecule has 7 nitrogen and oxygen atoms in total. The summed E-state index contributed by atoms with van der Waals surface area (Å²) >= 11 is 0. The molecule has 2 aromatic rings. The topological polar surface area (TPSA) is 91.4 Å². The minimum Gasteiger partial charge on any atom is -0.355 e. The highest BCUT2D eigenvalue weighted by Crippen LogP contribution is 2.20. The molecule has 0 spiro atoms. The van der Waals surface area contributed by atoms with E-state index < -0.39 is 0 Å². The van der Waals surface area contributed by atoms with Crippen LogP contribution < -0.4 is 10.6 Å². The van der Waals surface area contributed by atoms with Crippen molar-refractivity contribution in [1.82, 2.24) is 20.5 Å². The average molecular weight is 380 g/mol. The second kappa shape index (κ2) is 9.64. The summed E-state index contributed by atoms with van der Waals surface area (Å²) in [7, 11) is 0. The van der Waals surface area contributed by atoms with Gasteiger partial charge in [0.25, 0.3) is 0 Å². The van der Waals surface area contributed by atoms with Crippen molar-refractivity contribution in [3.8, 4) is 0 Å². The van der Waals surface area contributed by atoms with Crippen LogP contribution in [0.2, 0.25) is 0 Å². The van der Waals surface area contributed by atoms with Crippen molar-refractivity contribution in [2.45, 2.75) is 25.9 Å². The van der Waals surface area contributed by atoms with Crippen LogP contribution in [-0.4, -0.2) is 40.7 Å². The molecule has 1 aliphatic rings. The van der Waals surface area contributed by atoms with Crippen molar-refractivity contribution in [2.24, 2.45) is 5.92 Å². The van der Waals surface area contributed by atoms with Crippen LogP contribution >= 0.6 is 0 Å². The van der Waals surface area contributed by atoms with Gasteiger partial charge in [-0.3, -0.25) is 19.4 Å². The second-order valence-electron chi connectivity index (χ2n) is 6.84. The van der Waals surface area contributed by atoms with E-state index in [2.05, 4.69) is 15.6 Å². The minimum atomic E-state index is -0.366. The molecule has 28 heavy (non-hydrogen) atoms. The van der Waals surface area contributed by atoms with Crippen LogP contribution in [0.4, 0.5) is 0 Å². The molecular formula is C21H24N4O3. The number of carbonyl (C=O) groups excluding carboxylic acids is 3. The fourth-order valence-electron chi connectivity index (χ4n) is 3.14. The number of carbonyl (C=O) groups is 3. The fourth-order valence-corrected chi connectivity index (χ4v) is 3.14. The first kappa shape index (κ1) is 19.5. The summed E-state index contributed by atoms with van der Waals surface area (Å²) in [6.45, 7) is 1.58. The maximum Gasteiger partial charge on any atom is 0.225 e. The van der Waals surface area contributed by atoms with E-state index >= 15 is 0 Å². The Morgan fingerprint density at radius 3 is 2.61 bits per heavy atom. The molecule has 1 aromatic carbocycles. The predicted molar refractivity (Wildman–Crippen MR) is 104 cm³/mol. The number of rotatable bonds is 8. The van der Waals surface area contributed by atoms with Crippen LogP contribution in [0.3, 0.4) is 0 Å². The number of hydrogen-bond donors (Lipinski definition) is 2. The summed E-state index contributed by atoms with van der Waals surface area (Å²) in [6, 6.07) is 13.4. The molecule has 0 radical (unpaired) electrons. The van der Waals surface area contributed by atoms with Gasteiger partial charge in [0, 0.05) is 51.4 Å². The van der Waals surface area contributed by atoms with E-state index in [9.17, 15) is 14.4 Å². The maximum atomic E-state index is 12.3. The third-order valence-corrected chi connectivity index (χ3v) is 4.67. The highest BCUT2D eigenvalue weighted by molar-refractivity contribution is 5.89. The van der Waals surface area contributed by atoms with E-state index in [1.54, 1.807) is 17.3 Å². The van der Waals surface area contributed by atoms with Crippen LogP contribution in [0.5, 0.6) is 0 Å². The van der Waals surface area contributed by atoms with Crippen molar-refractivity contribution < 1.29 is 14.4 Å². The number of amides is 3. The van der Waals surface area contributed by atoms with Gasteiger partial charge < -0.3 is 15.5 Å². The van der Waals surface area contributed by atoms with Crippen LogP contribution in [0.25, 0.3) is 0 Å². The monoisotopic (exact) mass is 380 g/mol. The lowest BCUT2D eigenvalue weighted by molar-refractivity contribution is -0.129. The first-order valence-corrected chi connectivity index (χ1v) is 9.37. The van der Waals surface area contributed by atoms with Crippen LogP contribution in [-0.2, 0) is 27.5 Å². The van der Waals surface area contributed by atoms with Gasteiger partial charge in [0.2, 0.25) is 17.7 Å². The molecule has 1 saturated heterocycles. The van der Waals surface area contributed by atoms with Gasteiger partial charge in [-0.2, -0.15) is 0 Å². The van der Waals surface area contributed by atoms with Crippen molar-refractivity contribution in [2.75, 3.05) is 13.1 Å². The lowest BCUT2D eigenvalue weighted by Crippen LogP contribution is -2.35. The normalized spacial score (nSPS) is 16.1. The Morgan fingerprint density at radius 1 is 1.07 bits per heavy atom. The molecule has 0 aliphatic carbocycles. The lowest BCUT2D eigenvalue weighted by atomic mass is 10.1.